The molecule has 0 amide bonds. The molecule has 0 spiro atoms. The van der Waals surface area contributed by atoms with Gasteiger partial charge in [0.2, 0.25) is 0 Å². The summed E-state index contributed by atoms with van der Waals surface area (Å²) in [5, 5.41) is 9.62. The van der Waals surface area contributed by atoms with E-state index in [-0.39, 0.29) is 6.04 Å². The first-order valence-corrected chi connectivity index (χ1v) is 5.85. The van der Waals surface area contributed by atoms with Gasteiger partial charge >= 0.3 is 6.18 Å². The second-order valence-electron chi connectivity index (χ2n) is 4.02. The molecule has 0 saturated heterocycles. The maximum Gasteiger partial charge on any atom is 0.435 e. The van der Waals surface area contributed by atoms with Crippen LogP contribution in [0.5, 0.6) is 0 Å². The number of alkyl halides is 3. The SMILES string of the molecule is CCCCC(CN)Nc1ccc(C(F)(F)F)nn1. The average Bonchev–Trinajstić information content (AvgIpc) is 2.34. The molecule has 0 aromatic carbocycles. The highest BCUT2D eigenvalue weighted by Gasteiger charge is 2.32. The average molecular weight is 262 g/mol. The molecule has 1 atom stereocenters. The Labute approximate surface area is 104 Å². The number of nitrogens with zero attached hydrogens (tertiary/aromatic N) is 2. The molecule has 1 unspecified atom stereocenters. The summed E-state index contributed by atoms with van der Waals surface area (Å²) in [6.07, 6.45) is -1.56. The van der Waals surface area contributed by atoms with Crippen LogP contribution in [0.3, 0.4) is 0 Å². The molecule has 18 heavy (non-hydrogen) atoms. The van der Waals surface area contributed by atoms with E-state index in [2.05, 4.69) is 22.4 Å². The standard InChI is InChI=1S/C11H17F3N4/c1-2-3-4-8(7-15)16-10-6-5-9(17-18-10)11(12,13)14/h5-6,8H,2-4,7,15H2,1H3,(H,16,18). The summed E-state index contributed by atoms with van der Waals surface area (Å²) < 4.78 is 36.8. The summed E-state index contributed by atoms with van der Waals surface area (Å²) in [5.74, 6) is 0.314. The first-order chi connectivity index (χ1) is 8.47. The smallest absolute Gasteiger partial charge is 0.365 e. The van der Waals surface area contributed by atoms with Crippen LogP contribution in [0.1, 0.15) is 31.9 Å². The van der Waals surface area contributed by atoms with E-state index in [4.69, 9.17) is 5.73 Å². The van der Waals surface area contributed by atoms with E-state index in [1.54, 1.807) is 0 Å². The minimum Gasteiger partial charge on any atom is -0.365 e. The summed E-state index contributed by atoms with van der Waals surface area (Å²) >= 11 is 0. The summed E-state index contributed by atoms with van der Waals surface area (Å²) in [6, 6.07) is 2.18. The van der Waals surface area contributed by atoms with E-state index in [9.17, 15) is 13.2 Å². The fourth-order valence-corrected chi connectivity index (χ4v) is 1.47. The van der Waals surface area contributed by atoms with E-state index >= 15 is 0 Å². The highest BCUT2D eigenvalue weighted by Crippen LogP contribution is 2.27. The zero-order valence-electron chi connectivity index (χ0n) is 10.2. The highest BCUT2D eigenvalue weighted by atomic mass is 19.4. The molecule has 1 rings (SSSR count). The van der Waals surface area contributed by atoms with Gasteiger partial charge in [-0.1, -0.05) is 19.8 Å². The lowest BCUT2D eigenvalue weighted by molar-refractivity contribution is -0.141. The summed E-state index contributed by atoms with van der Waals surface area (Å²) in [4.78, 5) is 0. The number of hydrogen-bond acceptors (Lipinski definition) is 4. The van der Waals surface area contributed by atoms with E-state index in [0.29, 0.717) is 12.4 Å². The van der Waals surface area contributed by atoms with Crippen LogP contribution in [-0.2, 0) is 6.18 Å². The van der Waals surface area contributed by atoms with Gasteiger partial charge < -0.3 is 11.1 Å². The molecule has 4 nitrogen and oxygen atoms in total. The van der Waals surface area contributed by atoms with Gasteiger partial charge in [0.25, 0.3) is 0 Å². The maximum atomic E-state index is 12.3. The molecule has 1 heterocycles. The zero-order valence-corrected chi connectivity index (χ0v) is 10.2. The van der Waals surface area contributed by atoms with Crippen molar-refractivity contribution in [3.8, 4) is 0 Å². The monoisotopic (exact) mass is 262 g/mol. The van der Waals surface area contributed by atoms with Crippen LogP contribution < -0.4 is 11.1 Å². The fraction of sp³-hybridized carbons (Fsp3) is 0.636. The molecular formula is C11H17F3N4. The Morgan fingerprint density at radius 2 is 2.06 bits per heavy atom. The van der Waals surface area contributed by atoms with Crippen LogP contribution in [0.4, 0.5) is 19.0 Å². The Kier molecular flexibility index (Phi) is 5.33. The number of unbranched alkanes of at least 4 members (excludes halogenated alkanes) is 1. The number of nitrogens with two attached hydrogens (primary N) is 1. The highest BCUT2D eigenvalue weighted by molar-refractivity contribution is 5.34. The van der Waals surface area contributed by atoms with Crippen LogP contribution in [0.2, 0.25) is 0 Å². The molecule has 0 bridgehead atoms. The molecule has 0 aliphatic rings. The molecular weight excluding hydrogens is 245 g/mol. The topological polar surface area (TPSA) is 63.8 Å². The van der Waals surface area contributed by atoms with Crippen LogP contribution in [0.25, 0.3) is 0 Å². The molecule has 0 aliphatic carbocycles. The molecule has 3 N–H and O–H groups in total. The lowest BCUT2D eigenvalue weighted by atomic mass is 10.1. The molecule has 0 radical (unpaired) electrons. The summed E-state index contributed by atoms with van der Waals surface area (Å²) in [7, 11) is 0. The van der Waals surface area contributed by atoms with Crippen molar-refractivity contribution in [3.05, 3.63) is 17.8 Å². The van der Waals surface area contributed by atoms with Crippen LogP contribution in [0, 0.1) is 0 Å². The molecule has 0 fully saturated rings. The maximum absolute atomic E-state index is 12.3. The van der Waals surface area contributed by atoms with E-state index < -0.39 is 11.9 Å². The summed E-state index contributed by atoms with van der Waals surface area (Å²) in [6.45, 7) is 2.47. The van der Waals surface area contributed by atoms with Gasteiger partial charge in [-0.2, -0.15) is 13.2 Å². The van der Waals surface area contributed by atoms with Gasteiger partial charge in [-0.3, -0.25) is 0 Å². The van der Waals surface area contributed by atoms with Crippen molar-refractivity contribution in [3.63, 3.8) is 0 Å². The van der Waals surface area contributed by atoms with Crippen LogP contribution >= 0.6 is 0 Å². The third kappa shape index (κ3) is 4.48. The second kappa shape index (κ2) is 6.53. The van der Waals surface area contributed by atoms with Crippen molar-refractivity contribution in [2.24, 2.45) is 5.73 Å². The molecule has 1 aromatic heterocycles. The van der Waals surface area contributed by atoms with Crippen molar-refractivity contribution in [2.75, 3.05) is 11.9 Å². The Balaban J connectivity index is 2.62. The lowest BCUT2D eigenvalue weighted by Crippen LogP contribution is -2.29. The quantitative estimate of drug-likeness (QED) is 0.826. The predicted octanol–water partition coefficient (Wildman–Crippen LogP) is 2.42. The van der Waals surface area contributed by atoms with Crippen molar-refractivity contribution in [2.45, 2.75) is 38.4 Å². The van der Waals surface area contributed by atoms with Crippen molar-refractivity contribution in [1.29, 1.82) is 0 Å². The Bertz CT molecular complexity index is 350. The number of anilines is 1. The molecule has 7 heteroatoms. The van der Waals surface area contributed by atoms with Gasteiger partial charge in [0.15, 0.2) is 5.69 Å². The first-order valence-electron chi connectivity index (χ1n) is 5.85. The molecule has 1 aromatic rings. The van der Waals surface area contributed by atoms with Gasteiger partial charge in [0.05, 0.1) is 0 Å². The van der Waals surface area contributed by atoms with Gasteiger partial charge in [-0.25, -0.2) is 0 Å². The zero-order chi connectivity index (χ0) is 13.6. The summed E-state index contributed by atoms with van der Waals surface area (Å²) in [5.41, 5.74) is 4.58. The molecule has 102 valence electrons. The third-order valence-corrected chi connectivity index (χ3v) is 2.50. The number of rotatable bonds is 6. The van der Waals surface area contributed by atoms with Gasteiger partial charge in [0, 0.05) is 12.6 Å². The van der Waals surface area contributed by atoms with Crippen LogP contribution in [0.15, 0.2) is 12.1 Å². The van der Waals surface area contributed by atoms with E-state index in [0.717, 1.165) is 25.3 Å². The largest absolute Gasteiger partial charge is 0.435 e. The number of hydrogen-bond donors (Lipinski definition) is 2. The minimum atomic E-state index is -4.46. The fourth-order valence-electron chi connectivity index (χ4n) is 1.47. The van der Waals surface area contributed by atoms with Crippen molar-refractivity contribution in [1.82, 2.24) is 10.2 Å². The van der Waals surface area contributed by atoms with Crippen molar-refractivity contribution >= 4 is 5.82 Å². The number of halogens is 3. The first kappa shape index (κ1) is 14.7. The van der Waals surface area contributed by atoms with Crippen LogP contribution in [-0.4, -0.2) is 22.8 Å². The van der Waals surface area contributed by atoms with Crippen molar-refractivity contribution < 1.29 is 13.2 Å². The second-order valence-corrected chi connectivity index (χ2v) is 4.02. The normalized spacial score (nSPS) is 13.4. The molecule has 0 aliphatic heterocycles. The molecule has 0 saturated carbocycles. The van der Waals surface area contributed by atoms with Gasteiger partial charge in [0.1, 0.15) is 5.82 Å². The Morgan fingerprint density at radius 3 is 2.50 bits per heavy atom. The van der Waals surface area contributed by atoms with E-state index in [1.807, 2.05) is 0 Å². The van der Waals surface area contributed by atoms with E-state index in [1.165, 1.54) is 6.07 Å². The predicted molar refractivity (Wildman–Crippen MR) is 63.0 cm³/mol. The van der Waals surface area contributed by atoms with Gasteiger partial charge in [-0.05, 0) is 18.6 Å². The van der Waals surface area contributed by atoms with Gasteiger partial charge in [-0.15, -0.1) is 10.2 Å². The third-order valence-electron chi connectivity index (χ3n) is 2.50. The number of nitrogens with one attached hydrogen (secondary N) is 1. The minimum absolute atomic E-state index is 0.0102. The number of aromatic nitrogens is 2. The Morgan fingerprint density at radius 1 is 1.33 bits per heavy atom. The lowest BCUT2D eigenvalue weighted by Gasteiger charge is -2.16. The Hall–Kier alpha value is -1.37.